The van der Waals surface area contributed by atoms with E-state index in [9.17, 15) is 4.79 Å². The first-order valence-electron chi connectivity index (χ1n) is 6.24. The Hall–Kier alpha value is -1.40. The van der Waals surface area contributed by atoms with Crippen LogP contribution in [0.2, 0.25) is 0 Å². The first kappa shape index (κ1) is 13.0. The Kier molecular flexibility index (Phi) is 3.98. The average Bonchev–Trinajstić information content (AvgIpc) is 2.90. The molecule has 2 heterocycles. The van der Waals surface area contributed by atoms with E-state index in [1.165, 1.54) is 19.0 Å². The number of carboxylic acid groups (broad SMARTS) is 1. The molecule has 1 aliphatic rings. The van der Waals surface area contributed by atoms with Crippen molar-refractivity contribution in [3.8, 4) is 0 Å². The minimum absolute atomic E-state index is 0.295. The van der Waals surface area contributed by atoms with Crippen LogP contribution in [0.3, 0.4) is 0 Å². The molecule has 18 heavy (non-hydrogen) atoms. The predicted octanol–water partition coefficient (Wildman–Crippen LogP) is 0.302. The second-order valence-corrected chi connectivity index (χ2v) is 4.92. The number of aromatic nitrogens is 2. The molecule has 1 aromatic rings. The average molecular weight is 252 g/mol. The third-order valence-corrected chi connectivity index (χ3v) is 3.41. The highest BCUT2D eigenvalue weighted by molar-refractivity contribution is 5.88. The fraction of sp³-hybridized carbons (Fsp3) is 0.667. The van der Waals surface area contributed by atoms with Gasteiger partial charge in [0.25, 0.3) is 0 Å². The number of nitrogens with one attached hydrogen (secondary N) is 1. The van der Waals surface area contributed by atoms with Gasteiger partial charge in [-0.05, 0) is 26.4 Å². The Morgan fingerprint density at radius 2 is 2.50 bits per heavy atom. The fourth-order valence-corrected chi connectivity index (χ4v) is 2.44. The summed E-state index contributed by atoms with van der Waals surface area (Å²) in [4.78, 5) is 13.2. The molecule has 0 amide bonds. The molecule has 0 aliphatic carbocycles. The number of carbonyl (C=O) groups is 1. The van der Waals surface area contributed by atoms with Gasteiger partial charge >= 0.3 is 5.97 Å². The molecule has 100 valence electrons. The summed E-state index contributed by atoms with van der Waals surface area (Å²) in [6, 6.07) is 0.525. The molecule has 2 N–H and O–H groups in total. The van der Waals surface area contributed by atoms with E-state index >= 15 is 0 Å². The van der Waals surface area contributed by atoms with Gasteiger partial charge in [-0.25, -0.2) is 4.79 Å². The SMILES string of the molecule is CN(Cc1c(C(=O)O)cnn1C)CC1CCCN1. The number of aryl methyl sites for hydroxylation is 1. The van der Waals surface area contributed by atoms with E-state index in [4.69, 9.17) is 5.11 Å². The Balaban J connectivity index is 1.99. The molecule has 1 unspecified atom stereocenters. The van der Waals surface area contributed by atoms with Crippen molar-refractivity contribution in [3.05, 3.63) is 17.5 Å². The number of nitrogens with zero attached hydrogens (tertiary/aromatic N) is 3. The predicted molar refractivity (Wildman–Crippen MR) is 67.5 cm³/mol. The number of carboxylic acids is 1. The van der Waals surface area contributed by atoms with Crippen molar-refractivity contribution in [2.45, 2.75) is 25.4 Å². The van der Waals surface area contributed by atoms with Gasteiger partial charge in [0.2, 0.25) is 0 Å². The molecular weight excluding hydrogens is 232 g/mol. The van der Waals surface area contributed by atoms with E-state index in [2.05, 4.69) is 15.3 Å². The molecule has 0 bridgehead atoms. The molecule has 1 aromatic heterocycles. The second kappa shape index (κ2) is 5.49. The third-order valence-electron chi connectivity index (χ3n) is 3.41. The number of aromatic carboxylic acids is 1. The number of likely N-dealkylation sites (N-methyl/N-ethyl adjacent to an activating group) is 1. The van der Waals surface area contributed by atoms with Crippen molar-refractivity contribution < 1.29 is 9.90 Å². The molecule has 6 heteroatoms. The molecule has 6 nitrogen and oxygen atoms in total. The largest absolute Gasteiger partial charge is 0.478 e. The van der Waals surface area contributed by atoms with E-state index in [0.29, 0.717) is 18.2 Å². The van der Waals surface area contributed by atoms with Crippen LogP contribution in [0.5, 0.6) is 0 Å². The second-order valence-electron chi connectivity index (χ2n) is 4.92. The monoisotopic (exact) mass is 252 g/mol. The smallest absolute Gasteiger partial charge is 0.339 e. The Morgan fingerprint density at radius 1 is 1.72 bits per heavy atom. The summed E-state index contributed by atoms with van der Waals surface area (Å²) in [6.07, 6.45) is 3.84. The molecule has 2 rings (SSSR count). The standard InChI is InChI=1S/C12H20N4O2/c1-15(7-9-4-3-5-13-9)8-11-10(12(17)18)6-14-16(11)2/h6,9,13H,3-5,7-8H2,1-2H3,(H,17,18). The maximum atomic E-state index is 11.1. The molecule has 1 aliphatic heterocycles. The van der Waals surface area contributed by atoms with Gasteiger partial charge in [0.1, 0.15) is 5.56 Å². The first-order valence-corrected chi connectivity index (χ1v) is 6.24. The van der Waals surface area contributed by atoms with E-state index < -0.39 is 5.97 Å². The highest BCUT2D eigenvalue weighted by Crippen LogP contribution is 2.12. The highest BCUT2D eigenvalue weighted by Gasteiger charge is 2.19. The van der Waals surface area contributed by atoms with Crippen LogP contribution >= 0.6 is 0 Å². The van der Waals surface area contributed by atoms with Gasteiger partial charge in [-0.1, -0.05) is 0 Å². The van der Waals surface area contributed by atoms with E-state index in [0.717, 1.165) is 18.8 Å². The van der Waals surface area contributed by atoms with Crippen molar-refractivity contribution in [3.63, 3.8) is 0 Å². The van der Waals surface area contributed by atoms with Crippen molar-refractivity contribution >= 4 is 5.97 Å². The summed E-state index contributed by atoms with van der Waals surface area (Å²) in [5, 5.41) is 16.5. The van der Waals surface area contributed by atoms with Gasteiger partial charge in [0, 0.05) is 26.2 Å². The van der Waals surface area contributed by atoms with Crippen LogP contribution in [0.25, 0.3) is 0 Å². The lowest BCUT2D eigenvalue weighted by Crippen LogP contribution is -2.35. The maximum absolute atomic E-state index is 11.1. The van der Waals surface area contributed by atoms with Crippen LogP contribution in [-0.4, -0.2) is 51.9 Å². The zero-order chi connectivity index (χ0) is 13.1. The summed E-state index contributed by atoms with van der Waals surface area (Å²) in [5.74, 6) is -0.912. The van der Waals surface area contributed by atoms with Crippen LogP contribution < -0.4 is 5.32 Å². The molecule has 1 fully saturated rings. The van der Waals surface area contributed by atoms with Gasteiger partial charge in [-0.15, -0.1) is 0 Å². The Morgan fingerprint density at radius 3 is 3.11 bits per heavy atom. The van der Waals surface area contributed by atoms with Crippen molar-refractivity contribution in [2.75, 3.05) is 20.1 Å². The Bertz CT molecular complexity index is 424. The fourth-order valence-electron chi connectivity index (χ4n) is 2.44. The van der Waals surface area contributed by atoms with Gasteiger partial charge < -0.3 is 10.4 Å². The molecule has 0 spiro atoms. The van der Waals surface area contributed by atoms with Crippen LogP contribution in [0, 0.1) is 0 Å². The highest BCUT2D eigenvalue weighted by atomic mass is 16.4. The number of hydrogen-bond acceptors (Lipinski definition) is 4. The molecule has 0 saturated carbocycles. The molecule has 0 aromatic carbocycles. The zero-order valence-electron chi connectivity index (χ0n) is 10.9. The van der Waals surface area contributed by atoms with Gasteiger partial charge in [0.15, 0.2) is 0 Å². The van der Waals surface area contributed by atoms with Crippen LogP contribution in [0.4, 0.5) is 0 Å². The van der Waals surface area contributed by atoms with Gasteiger partial charge in [-0.3, -0.25) is 9.58 Å². The number of hydrogen-bond donors (Lipinski definition) is 2. The first-order chi connectivity index (χ1) is 8.58. The minimum atomic E-state index is -0.912. The van der Waals surface area contributed by atoms with Crippen LogP contribution in [0.15, 0.2) is 6.20 Å². The minimum Gasteiger partial charge on any atom is -0.478 e. The summed E-state index contributed by atoms with van der Waals surface area (Å²) in [6.45, 7) is 2.63. The number of rotatable bonds is 5. The molecule has 1 atom stereocenters. The van der Waals surface area contributed by atoms with E-state index in [1.54, 1.807) is 11.7 Å². The van der Waals surface area contributed by atoms with Crippen molar-refractivity contribution in [1.82, 2.24) is 20.0 Å². The lowest BCUT2D eigenvalue weighted by atomic mass is 10.2. The topological polar surface area (TPSA) is 70.4 Å². The molecular formula is C12H20N4O2. The lowest BCUT2D eigenvalue weighted by molar-refractivity contribution is 0.0694. The normalized spacial score (nSPS) is 19.6. The van der Waals surface area contributed by atoms with Crippen LogP contribution in [0.1, 0.15) is 28.9 Å². The zero-order valence-corrected chi connectivity index (χ0v) is 10.9. The third kappa shape index (κ3) is 2.88. The lowest BCUT2D eigenvalue weighted by Gasteiger charge is -2.21. The van der Waals surface area contributed by atoms with E-state index in [1.807, 2.05) is 7.05 Å². The Labute approximate surface area is 107 Å². The molecule has 0 radical (unpaired) electrons. The van der Waals surface area contributed by atoms with Crippen molar-refractivity contribution in [2.24, 2.45) is 7.05 Å². The van der Waals surface area contributed by atoms with E-state index in [-0.39, 0.29) is 0 Å². The van der Waals surface area contributed by atoms with Gasteiger partial charge in [-0.2, -0.15) is 5.10 Å². The van der Waals surface area contributed by atoms with Gasteiger partial charge in [0.05, 0.1) is 11.9 Å². The summed E-state index contributed by atoms with van der Waals surface area (Å²) < 4.78 is 1.64. The summed E-state index contributed by atoms with van der Waals surface area (Å²) in [7, 11) is 3.79. The summed E-state index contributed by atoms with van der Waals surface area (Å²) in [5.41, 5.74) is 1.05. The maximum Gasteiger partial charge on any atom is 0.339 e. The van der Waals surface area contributed by atoms with Crippen molar-refractivity contribution in [1.29, 1.82) is 0 Å². The summed E-state index contributed by atoms with van der Waals surface area (Å²) >= 11 is 0. The quantitative estimate of drug-likeness (QED) is 0.789. The molecule has 1 saturated heterocycles. The van der Waals surface area contributed by atoms with Crippen LogP contribution in [-0.2, 0) is 13.6 Å².